The molecular formula is C23H23F2N3O4. The van der Waals surface area contributed by atoms with Gasteiger partial charge in [0.25, 0.3) is 5.91 Å². The summed E-state index contributed by atoms with van der Waals surface area (Å²) in [7, 11) is 1.36. The molecule has 1 aliphatic rings. The lowest BCUT2D eigenvalue weighted by molar-refractivity contribution is -0.111. The first-order valence-electron chi connectivity index (χ1n) is 10.2. The summed E-state index contributed by atoms with van der Waals surface area (Å²) in [6, 6.07) is 6.60. The first-order valence-corrected chi connectivity index (χ1v) is 10.2. The molecule has 1 N–H and O–H groups in total. The average molecular weight is 443 g/mol. The Bertz CT molecular complexity index is 1190. The molecule has 0 spiro atoms. The highest BCUT2D eigenvalue weighted by atomic mass is 19.3. The number of carbonyl (C=O) groups excluding carboxylic acids is 2. The van der Waals surface area contributed by atoms with E-state index in [2.05, 4.69) is 10.3 Å². The monoisotopic (exact) mass is 443 g/mol. The van der Waals surface area contributed by atoms with Crippen LogP contribution in [0.4, 0.5) is 8.78 Å². The fourth-order valence-electron chi connectivity index (χ4n) is 3.46. The molecule has 0 atom stereocenters. The number of rotatable bonds is 8. The topological polar surface area (TPSA) is 81.9 Å². The maximum absolute atomic E-state index is 13.2. The van der Waals surface area contributed by atoms with Crippen LogP contribution >= 0.6 is 0 Å². The molecule has 0 aliphatic heterocycles. The van der Waals surface area contributed by atoms with Crippen LogP contribution in [-0.2, 0) is 10.2 Å². The summed E-state index contributed by atoms with van der Waals surface area (Å²) in [6.45, 7) is 0.498. The summed E-state index contributed by atoms with van der Waals surface area (Å²) >= 11 is 0. The van der Waals surface area contributed by atoms with Crippen molar-refractivity contribution in [2.24, 2.45) is 0 Å². The summed E-state index contributed by atoms with van der Waals surface area (Å²) in [5.74, 6) is -0.684. The van der Waals surface area contributed by atoms with Gasteiger partial charge in [0.05, 0.1) is 19.0 Å². The molecule has 0 radical (unpaired) electrons. The van der Waals surface area contributed by atoms with E-state index in [0.29, 0.717) is 16.9 Å². The third-order valence-electron chi connectivity index (χ3n) is 5.49. The van der Waals surface area contributed by atoms with Gasteiger partial charge >= 0.3 is 6.61 Å². The number of aromatic nitrogens is 2. The molecule has 0 saturated heterocycles. The Morgan fingerprint density at radius 2 is 2.00 bits per heavy atom. The third kappa shape index (κ3) is 4.15. The van der Waals surface area contributed by atoms with Crippen LogP contribution in [0.15, 0.2) is 36.7 Å². The lowest BCUT2D eigenvalue weighted by Crippen LogP contribution is -2.26. The minimum absolute atomic E-state index is 0.0369. The largest absolute Gasteiger partial charge is 0.496 e. The lowest BCUT2D eigenvalue weighted by Gasteiger charge is -2.18. The highest BCUT2D eigenvalue weighted by Crippen LogP contribution is 2.37. The first-order chi connectivity index (χ1) is 15.2. The Morgan fingerprint density at radius 1 is 1.28 bits per heavy atom. The molecule has 168 valence electrons. The smallest absolute Gasteiger partial charge is 0.387 e. The summed E-state index contributed by atoms with van der Waals surface area (Å²) in [4.78, 5) is 28.5. The van der Waals surface area contributed by atoms with Gasteiger partial charge in [-0.1, -0.05) is 0 Å². The number of amides is 1. The molecule has 9 heteroatoms. The number of hydrogen-bond donors (Lipinski definition) is 1. The zero-order valence-electron chi connectivity index (χ0n) is 17.9. The molecule has 32 heavy (non-hydrogen) atoms. The van der Waals surface area contributed by atoms with Gasteiger partial charge in [-0.15, -0.1) is 0 Å². The van der Waals surface area contributed by atoms with E-state index in [9.17, 15) is 18.4 Å². The van der Waals surface area contributed by atoms with Crippen molar-refractivity contribution < 1.29 is 27.8 Å². The van der Waals surface area contributed by atoms with Gasteiger partial charge in [-0.3, -0.25) is 9.20 Å². The van der Waals surface area contributed by atoms with E-state index in [1.165, 1.54) is 13.2 Å². The van der Waals surface area contributed by atoms with E-state index in [4.69, 9.17) is 9.47 Å². The van der Waals surface area contributed by atoms with E-state index in [-0.39, 0.29) is 23.1 Å². The molecule has 3 aromatic rings. The number of halogens is 2. The van der Waals surface area contributed by atoms with Crippen LogP contribution in [0, 0.1) is 0 Å². The molecule has 0 unspecified atom stereocenters. The van der Waals surface area contributed by atoms with Crippen molar-refractivity contribution in [2.75, 3.05) is 7.11 Å². The van der Waals surface area contributed by atoms with Crippen molar-refractivity contribution in [3.8, 4) is 22.8 Å². The molecule has 1 aliphatic carbocycles. The SMILES string of the molecule is COc1cc(-c2cnc3cc(C(C)(C)C=O)ccn23)cc(OC(F)F)c1C(=O)NC1CC1. The number of benzene rings is 1. The van der Waals surface area contributed by atoms with Gasteiger partial charge in [0.15, 0.2) is 0 Å². The highest BCUT2D eigenvalue weighted by Gasteiger charge is 2.29. The molecule has 4 rings (SSSR count). The van der Waals surface area contributed by atoms with E-state index in [1.807, 2.05) is 0 Å². The van der Waals surface area contributed by atoms with Crippen LogP contribution in [0.5, 0.6) is 11.5 Å². The van der Waals surface area contributed by atoms with Gasteiger partial charge in [0.2, 0.25) is 0 Å². The third-order valence-corrected chi connectivity index (χ3v) is 5.49. The average Bonchev–Trinajstić information content (AvgIpc) is 3.47. The molecule has 1 amide bonds. The van der Waals surface area contributed by atoms with Crippen LogP contribution in [0.1, 0.15) is 42.6 Å². The van der Waals surface area contributed by atoms with Gasteiger partial charge < -0.3 is 19.6 Å². The summed E-state index contributed by atoms with van der Waals surface area (Å²) in [5.41, 5.74) is 1.69. The normalized spacial score (nSPS) is 13.9. The second kappa shape index (κ2) is 8.22. The van der Waals surface area contributed by atoms with Crippen molar-refractivity contribution in [1.82, 2.24) is 14.7 Å². The number of fused-ring (bicyclic) bond motifs is 1. The zero-order chi connectivity index (χ0) is 23.0. The molecule has 1 fully saturated rings. The van der Waals surface area contributed by atoms with E-state index < -0.39 is 17.9 Å². The number of nitrogens with one attached hydrogen (secondary N) is 1. The fourth-order valence-corrected chi connectivity index (χ4v) is 3.46. The Morgan fingerprint density at radius 3 is 2.62 bits per heavy atom. The molecule has 2 aromatic heterocycles. The number of nitrogens with zero attached hydrogens (tertiary/aromatic N) is 2. The van der Waals surface area contributed by atoms with Crippen molar-refractivity contribution in [1.29, 1.82) is 0 Å². The van der Waals surface area contributed by atoms with Crippen LogP contribution in [0.2, 0.25) is 0 Å². The second-order valence-corrected chi connectivity index (χ2v) is 8.30. The Kier molecular flexibility index (Phi) is 5.58. The minimum Gasteiger partial charge on any atom is -0.496 e. The van der Waals surface area contributed by atoms with Gasteiger partial charge in [0.1, 0.15) is 29.0 Å². The van der Waals surface area contributed by atoms with Crippen molar-refractivity contribution in [3.05, 3.63) is 47.8 Å². The number of methoxy groups -OCH3 is 1. The van der Waals surface area contributed by atoms with Crippen molar-refractivity contribution in [2.45, 2.75) is 44.8 Å². The number of hydrogen-bond acceptors (Lipinski definition) is 5. The van der Waals surface area contributed by atoms with Crippen LogP contribution < -0.4 is 14.8 Å². The van der Waals surface area contributed by atoms with Gasteiger partial charge in [-0.05, 0) is 56.5 Å². The van der Waals surface area contributed by atoms with E-state index in [1.54, 1.807) is 48.8 Å². The maximum Gasteiger partial charge on any atom is 0.387 e. The standard InChI is InChI=1S/C23H23F2N3O4/c1-23(2,12-29)14-6-7-28-16(11-26-19(28)10-14)13-8-17(31-3)20(18(9-13)32-22(24)25)21(30)27-15-4-5-15/h6-12,15,22H,4-5H2,1-3H3,(H,27,30). The number of pyridine rings is 1. The zero-order valence-corrected chi connectivity index (χ0v) is 17.9. The number of alkyl halides is 2. The molecular weight excluding hydrogens is 420 g/mol. The van der Waals surface area contributed by atoms with Gasteiger partial charge in [-0.2, -0.15) is 8.78 Å². The summed E-state index contributed by atoms with van der Waals surface area (Å²) in [6.07, 6.45) is 5.90. The molecule has 1 aromatic carbocycles. The molecule has 7 nitrogen and oxygen atoms in total. The van der Waals surface area contributed by atoms with Crippen molar-refractivity contribution >= 4 is 17.8 Å². The number of imidazole rings is 1. The lowest BCUT2D eigenvalue weighted by atomic mass is 9.87. The Balaban J connectivity index is 1.81. The summed E-state index contributed by atoms with van der Waals surface area (Å²) in [5, 5.41) is 2.78. The maximum atomic E-state index is 13.2. The van der Waals surface area contributed by atoms with Crippen molar-refractivity contribution in [3.63, 3.8) is 0 Å². The number of carbonyl (C=O) groups is 2. The van der Waals surface area contributed by atoms with Crippen LogP contribution in [0.25, 0.3) is 16.9 Å². The number of ether oxygens (including phenoxy) is 2. The van der Waals surface area contributed by atoms with Gasteiger partial charge in [-0.25, -0.2) is 4.98 Å². The van der Waals surface area contributed by atoms with Crippen LogP contribution in [0.3, 0.4) is 0 Å². The molecule has 1 saturated carbocycles. The summed E-state index contributed by atoms with van der Waals surface area (Å²) < 4.78 is 38.1. The van der Waals surface area contributed by atoms with Crippen LogP contribution in [-0.4, -0.2) is 41.3 Å². The predicted octanol–water partition coefficient (Wildman–Crippen LogP) is 3.98. The van der Waals surface area contributed by atoms with E-state index >= 15 is 0 Å². The Hall–Kier alpha value is -3.49. The highest BCUT2D eigenvalue weighted by molar-refractivity contribution is 6.01. The fraction of sp³-hybridized carbons (Fsp3) is 0.348. The predicted molar refractivity (Wildman–Crippen MR) is 113 cm³/mol. The van der Waals surface area contributed by atoms with Gasteiger partial charge in [0, 0.05) is 23.2 Å². The molecule has 2 heterocycles. The minimum atomic E-state index is -3.11. The first kappa shape index (κ1) is 21.7. The van der Waals surface area contributed by atoms with E-state index in [0.717, 1.165) is 24.7 Å². The number of aldehydes is 1. The second-order valence-electron chi connectivity index (χ2n) is 8.30. The molecule has 0 bridgehead atoms. The Labute approximate surface area is 183 Å². The quantitative estimate of drug-likeness (QED) is 0.533.